The number of piperazine rings is 1. The first-order chi connectivity index (χ1) is 13.7. The van der Waals surface area contributed by atoms with Crippen molar-refractivity contribution in [3.63, 3.8) is 0 Å². The van der Waals surface area contributed by atoms with Gasteiger partial charge in [0.15, 0.2) is 6.54 Å². The van der Waals surface area contributed by atoms with Crippen LogP contribution in [0.2, 0.25) is 0 Å². The summed E-state index contributed by atoms with van der Waals surface area (Å²) in [6, 6.07) is 14.6. The lowest BCUT2D eigenvalue weighted by molar-refractivity contribution is -1.02. The van der Waals surface area contributed by atoms with Gasteiger partial charge in [-0.3, -0.25) is 0 Å². The lowest BCUT2D eigenvalue weighted by Gasteiger charge is -2.29. The first-order valence-corrected chi connectivity index (χ1v) is 9.59. The van der Waals surface area contributed by atoms with Crippen LogP contribution in [0.3, 0.4) is 0 Å². The van der Waals surface area contributed by atoms with E-state index in [1.807, 2.05) is 30.3 Å². The van der Waals surface area contributed by atoms with E-state index in [0.717, 1.165) is 56.1 Å². The minimum absolute atomic E-state index is 0.218. The molecule has 0 aliphatic carbocycles. The van der Waals surface area contributed by atoms with E-state index in [4.69, 9.17) is 9.26 Å². The molecule has 0 amide bonds. The van der Waals surface area contributed by atoms with Crippen LogP contribution in [0.1, 0.15) is 11.5 Å². The SMILES string of the molecule is COc1ccc(F)cc1C[NH+]1CC[NH+](Cc2nc(-c3ccccc3)no2)CC1. The number of halogens is 1. The number of nitrogens with zero attached hydrogens (tertiary/aromatic N) is 2. The Morgan fingerprint density at radius 1 is 1.00 bits per heavy atom. The van der Waals surface area contributed by atoms with Crippen molar-refractivity contribution in [2.24, 2.45) is 0 Å². The smallest absolute Gasteiger partial charge is 0.282 e. The maximum atomic E-state index is 13.6. The zero-order valence-corrected chi connectivity index (χ0v) is 16.0. The fraction of sp³-hybridized carbons (Fsp3) is 0.333. The number of hydrogen-bond donors (Lipinski definition) is 2. The van der Waals surface area contributed by atoms with Gasteiger partial charge < -0.3 is 19.1 Å². The molecule has 0 atom stereocenters. The Bertz CT molecular complexity index is 908. The zero-order valence-electron chi connectivity index (χ0n) is 16.0. The van der Waals surface area contributed by atoms with Gasteiger partial charge in [-0.05, 0) is 18.2 Å². The van der Waals surface area contributed by atoms with Crippen LogP contribution in [0.25, 0.3) is 11.4 Å². The molecule has 2 aromatic carbocycles. The first-order valence-electron chi connectivity index (χ1n) is 9.59. The van der Waals surface area contributed by atoms with Crippen molar-refractivity contribution in [2.75, 3.05) is 33.3 Å². The molecular weight excluding hydrogens is 359 g/mol. The van der Waals surface area contributed by atoms with Crippen LogP contribution in [-0.2, 0) is 13.1 Å². The largest absolute Gasteiger partial charge is 0.496 e. The highest BCUT2D eigenvalue weighted by Crippen LogP contribution is 2.18. The van der Waals surface area contributed by atoms with Crippen molar-refractivity contribution in [2.45, 2.75) is 13.1 Å². The van der Waals surface area contributed by atoms with Gasteiger partial charge in [-0.2, -0.15) is 4.98 Å². The molecule has 0 radical (unpaired) electrons. The average Bonchev–Trinajstić information content (AvgIpc) is 3.19. The minimum Gasteiger partial charge on any atom is -0.496 e. The number of benzene rings is 2. The van der Waals surface area contributed by atoms with Gasteiger partial charge >= 0.3 is 0 Å². The van der Waals surface area contributed by atoms with Crippen molar-refractivity contribution in [1.29, 1.82) is 0 Å². The molecule has 146 valence electrons. The Labute approximate surface area is 163 Å². The number of quaternary nitrogens is 2. The second kappa shape index (κ2) is 8.50. The molecule has 0 unspecified atom stereocenters. The number of nitrogens with one attached hydrogen (secondary N) is 2. The van der Waals surface area contributed by atoms with Crippen molar-refractivity contribution < 1.29 is 23.5 Å². The first kappa shape index (κ1) is 18.6. The molecule has 2 N–H and O–H groups in total. The van der Waals surface area contributed by atoms with Gasteiger partial charge in [0.05, 0.1) is 12.7 Å². The van der Waals surface area contributed by atoms with Crippen LogP contribution < -0.4 is 14.5 Å². The molecule has 7 heteroatoms. The summed E-state index contributed by atoms with van der Waals surface area (Å²) >= 11 is 0. The van der Waals surface area contributed by atoms with Crippen LogP contribution in [0, 0.1) is 5.82 Å². The predicted molar refractivity (Wildman–Crippen MR) is 101 cm³/mol. The topological polar surface area (TPSA) is 57.0 Å². The highest BCUT2D eigenvalue weighted by atomic mass is 19.1. The van der Waals surface area contributed by atoms with E-state index in [9.17, 15) is 4.39 Å². The van der Waals surface area contributed by atoms with Crippen molar-refractivity contribution in [3.05, 3.63) is 65.8 Å². The molecule has 0 spiro atoms. The summed E-state index contributed by atoms with van der Waals surface area (Å²) in [7, 11) is 1.63. The summed E-state index contributed by atoms with van der Waals surface area (Å²) in [4.78, 5) is 7.39. The van der Waals surface area contributed by atoms with E-state index in [2.05, 4.69) is 10.1 Å². The van der Waals surface area contributed by atoms with Gasteiger partial charge in [-0.15, -0.1) is 0 Å². The highest BCUT2D eigenvalue weighted by Gasteiger charge is 2.26. The lowest BCUT2D eigenvalue weighted by atomic mass is 10.1. The van der Waals surface area contributed by atoms with E-state index in [1.54, 1.807) is 19.2 Å². The number of hydrogen-bond acceptors (Lipinski definition) is 4. The Morgan fingerprint density at radius 2 is 1.71 bits per heavy atom. The average molecular weight is 384 g/mol. The summed E-state index contributed by atoms with van der Waals surface area (Å²) in [5.74, 6) is 1.84. The number of methoxy groups -OCH3 is 1. The van der Waals surface area contributed by atoms with Gasteiger partial charge in [0.2, 0.25) is 5.82 Å². The molecule has 1 aliphatic rings. The van der Waals surface area contributed by atoms with Crippen LogP contribution in [0.4, 0.5) is 4.39 Å². The third-order valence-corrected chi connectivity index (χ3v) is 5.25. The van der Waals surface area contributed by atoms with Gasteiger partial charge in [0.25, 0.3) is 5.89 Å². The van der Waals surface area contributed by atoms with Gasteiger partial charge in [0.1, 0.15) is 44.3 Å². The maximum Gasteiger partial charge on any atom is 0.282 e. The standard InChI is InChI=1S/C21H23FN4O2/c1-27-19-8-7-18(22)13-17(19)14-25-9-11-26(12-10-25)15-20-23-21(24-28-20)16-5-3-2-4-6-16/h2-8,13H,9-12,14-15H2,1H3/p+2. The van der Waals surface area contributed by atoms with E-state index in [1.165, 1.54) is 15.9 Å². The summed E-state index contributed by atoms with van der Waals surface area (Å²) in [5, 5.41) is 4.10. The normalized spacial score (nSPS) is 19.5. The molecule has 0 bridgehead atoms. The predicted octanol–water partition coefficient (Wildman–Crippen LogP) is 0.368. The third-order valence-electron chi connectivity index (χ3n) is 5.25. The van der Waals surface area contributed by atoms with E-state index in [-0.39, 0.29) is 5.82 Å². The molecule has 6 nitrogen and oxygen atoms in total. The number of ether oxygens (including phenoxy) is 1. The minimum atomic E-state index is -0.218. The molecule has 2 heterocycles. The van der Waals surface area contributed by atoms with Gasteiger partial charge in [-0.1, -0.05) is 35.5 Å². The van der Waals surface area contributed by atoms with Crippen molar-refractivity contribution in [3.8, 4) is 17.1 Å². The van der Waals surface area contributed by atoms with Crippen molar-refractivity contribution in [1.82, 2.24) is 10.1 Å². The highest BCUT2D eigenvalue weighted by molar-refractivity contribution is 5.53. The van der Waals surface area contributed by atoms with E-state index >= 15 is 0 Å². The molecule has 1 aromatic heterocycles. The zero-order chi connectivity index (χ0) is 19.3. The van der Waals surface area contributed by atoms with E-state index < -0.39 is 0 Å². The molecular formula is C21H25FN4O2+2. The molecule has 1 aliphatic heterocycles. The quantitative estimate of drug-likeness (QED) is 0.645. The summed E-state index contributed by atoms with van der Waals surface area (Å²) in [6.07, 6.45) is 0. The molecule has 4 rings (SSSR count). The second-order valence-electron chi connectivity index (χ2n) is 7.19. The number of aromatic nitrogens is 2. The number of rotatable bonds is 6. The molecule has 1 saturated heterocycles. The van der Waals surface area contributed by atoms with E-state index in [0.29, 0.717) is 11.7 Å². The summed E-state index contributed by atoms with van der Waals surface area (Å²) in [6.45, 7) is 5.54. The molecule has 1 fully saturated rings. The van der Waals surface area contributed by atoms with Crippen LogP contribution in [-0.4, -0.2) is 43.4 Å². The monoisotopic (exact) mass is 384 g/mol. The second-order valence-corrected chi connectivity index (χ2v) is 7.19. The van der Waals surface area contributed by atoms with Crippen molar-refractivity contribution >= 4 is 0 Å². The Morgan fingerprint density at radius 3 is 2.43 bits per heavy atom. The fourth-order valence-electron chi connectivity index (χ4n) is 3.71. The maximum absolute atomic E-state index is 13.6. The third kappa shape index (κ3) is 4.37. The van der Waals surface area contributed by atoms with Crippen LogP contribution >= 0.6 is 0 Å². The molecule has 3 aromatic rings. The van der Waals surface area contributed by atoms with Crippen LogP contribution in [0.5, 0.6) is 5.75 Å². The van der Waals surface area contributed by atoms with Gasteiger partial charge in [-0.25, -0.2) is 4.39 Å². The summed E-state index contributed by atoms with van der Waals surface area (Å²) in [5.41, 5.74) is 1.89. The lowest BCUT2D eigenvalue weighted by Crippen LogP contribution is -3.27. The fourth-order valence-corrected chi connectivity index (χ4v) is 3.71. The summed E-state index contributed by atoms with van der Waals surface area (Å²) < 4.78 is 24.4. The Kier molecular flexibility index (Phi) is 5.64. The van der Waals surface area contributed by atoms with Gasteiger partial charge in [0, 0.05) is 5.56 Å². The molecule has 0 saturated carbocycles. The Balaban J connectivity index is 1.31. The molecule has 28 heavy (non-hydrogen) atoms. The van der Waals surface area contributed by atoms with Crippen LogP contribution in [0.15, 0.2) is 53.1 Å². The Hall–Kier alpha value is -2.77.